The molecule has 0 aromatic rings. The van der Waals surface area contributed by atoms with Crippen LogP contribution in [0.4, 0.5) is 4.79 Å². The number of likely N-dealkylation sites (tertiary alicyclic amines) is 1. The minimum atomic E-state index is -2.94. The van der Waals surface area contributed by atoms with Crippen molar-refractivity contribution in [3.05, 3.63) is 0 Å². The first-order chi connectivity index (χ1) is 9.44. The van der Waals surface area contributed by atoms with E-state index in [0.29, 0.717) is 18.9 Å². The van der Waals surface area contributed by atoms with E-state index in [0.717, 1.165) is 19.6 Å². The third-order valence-electron chi connectivity index (χ3n) is 3.95. The lowest BCUT2D eigenvalue weighted by Gasteiger charge is -2.21. The molecule has 2 aliphatic rings. The predicted octanol–water partition coefficient (Wildman–Crippen LogP) is 0.205. The number of hydrogen-bond acceptors (Lipinski definition) is 4. The van der Waals surface area contributed by atoms with Crippen molar-refractivity contribution in [2.75, 3.05) is 37.7 Å². The molecule has 0 aromatic heterocycles. The molecule has 7 heteroatoms. The van der Waals surface area contributed by atoms with E-state index in [-0.39, 0.29) is 23.6 Å². The lowest BCUT2D eigenvalue weighted by Crippen LogP contribution is -2.44. The molecular formula is C13H25N3O3S. The van der Waals surface area contributed by atoms with Crippen molar-refractivity contribution in [3.63, 3.8) is 0 Å². The molecule has 2 N–H and O–H groups in total. The molecule has 6 nitrogen and oxygen atoms in total. The number of rotatable bonds is 5. The van der Waals surface area contributed by atoms with Crippen LogP contribution in [0, 0.1) is 5.92 Å². The lowest BCUT2D eigenvalue weighted by atomic mass is 10.1. The summed E-state index contributed by atoms with van der Waals surface area (Å²) in [5.41, 5.74) is 0. The van der Waals surface area contributed by atoms with Crippen molar-refractivity contribution in [1.82, 2.24) is 15.5 Å². The van der Waals surface area contributed by atoms with E-state index in [9.17, 15) is 13.2 Å². The molecule has 2 saturated heterocycles. The molecule has 2 atom stereocenters. The maximum absolute atomic E-state index is 11.7. The van der Waals surface area contributed by atoms with Crippen LogP contribution < -0.4 is 10.6 Å². The van der Waals surface area contributed by atoms with Gasteiger partial charge in [0.1, 0.15) is 0 Å². The minimum absolute atomic E-state index is 0.0732. The molecule has 0 saturated carbocycles. The standard InChI is InChI=1S/C13H25N3O3S/c1-11(9-16-5-2-3-6-16)8-14-13(17)15-12-4-7-20(18,19)10-12/h11-12H,2-10H2,1H3,(H2,14,15,17)/t11-,12-/m0/s1. The molecule has 0 aromatic carbocycles. The van der Waals surface area contributed by atoms with Crippen LogP contribution >= 0.6 is 0 Å². The van der Waals surface area contributed by atoms with Gasteiger partial charge >= 0.3 is 6.03 Å². The highest BCUT2D eigenvalue weighted by Gasteiger charge is 2.28. The van der Waals surface area contributed by atoms with Crippen molar-refractivity contribution >= 4 is 15.9 Å². The first kappa shape index (κ1) is 15.6. The van der Waals surface area contributed by atoms with Gasteiger partial charge in [0, 0.05) is 19.1 Å². The van der Waals surface area contributed by atoms with Crippen LogP contribution in [0.25, 0.3) is 0 Å². The third-order valence-corrected chi connectivity index (χ3v) is 5.72. The Bertz CT molecular complexity index is 432. The van der Waals surface area contributed by atoms with Crippen LogP contribution in [-0.2, 0) is 9.84 Å². The summed E-state index contributed by atoms with van der Waals surface area (Å²) >= 11 is 0. The first-order valence-corrected chi connectivity index (χ1v) is 9.24. The number of carbonyl (C=O) groups is 1. The lowest BCUT2D eigenvalue weighted by molar-refractivity contribution is 0.232. The highest BCUT2D eigenvalue weighted by molar-refractivity contribution is 7.91. The van der Waals surface area contributed by atoms with Crippen LogP contribution in [0.3, 0.4) is 0 Å². The summed E-state index contributed by atoms with van der Waals surface area (Å²) in [6, 6.07) is -0.478. The van der Waals surface area contributed by atoms with Gasteiger partial charge in [-0.1, -0.05) is 6.92 Å². The predicted molar refractivity (Wildman–Crippen MR) is 78.4 cm³/mol. The monoisotopic (exact) mass is 303 g/mol. The average molecular weight is 303 g/mol. The van der Waals surface area contributed by atoms with Gasteiger partial charge in [0.15, 0.2) is 9.84 Å². The molecule has 0 spiro atoms. The summed E-state index contributed by atoms with van der Waals surface area (Å²) in [5.74, 6) is 0.665. The molecule has 2 rings (SSSR count). The number of carbonyl (C=O) groups excluding carboxylic acids is 1. The quantitative estimate of drug-likeness (QED) is 0.761. The van der Waals surface area contributed by atoms with E-state index in [1.54, 1.807) is 0 Å². The van der Waals surface area contributed by atoms with Gasteiger partial charge in [0.05, 0.1) is 11.5 Å². The molecule has 2 amide bonds. The van der Waals surface area contributed by atoms with Crippen LogP contribution in [0.15, 0.2) is 0 Å². The highest BCUT2D eigenvalue weighted by atomic mass is 32.2. The summed E-state index contributed by atoms with van der Waals surface area (Å²) in [6.45, 7) is 6.09. The molecule has 0 aliphatic carbocycles. The van der Waals surface area contributed by atoms with Crippen LogP contribution in [-0.4, -0.2) is 63.1 Å². The molecule has 20 heavy (non-hydrogen) atoms. The summed E-state index contributed by atoms with van der Waals surface area (Å²) < 4.78 is 22.6. The van der Waals surface area contributed by atoms with Crippen LogP contribution in [0.2, 0.25) is 0 Å². The Hall–Kier alpha value is -0.820. The second-order valence-corrected chi connectivity index (χ2v) is 8.30. The zero-order valence-corrected chi connectivity index (χ0v) is 12.9. The molecule has 0 unspecified atom stereocenters. The van der Waals surface area contributed by atoms with E-state index in [1.807, 2.05) is 0 Å². The molecule has 2 fully saturated rings. The van der Waals surface area contributed by atoms with Crippen LogP contribution in [0.5, 0.6) is 0 Å². The SMILES string of the molecule is C[C@@H](CNC(=O)N[C@H]1CCS(=O)(=O)C1)CN1CCCC1. The fourth-order valence-corrected chi connectivity index (χ4v) is 4.56. The number of amides is 2. The average Bonchev–Trinajstić information content (AvgIpc) is 2.97. The number of nitrogens with zero attached hydrogens (tertiary/aromatic N) is 1. The zero-order valence-electron chi connectivity index (χ0n) is 12.1. The van der Waals surface area contributed by atoms with Gasteiger partial charge in [0.2, 0.25) is 0 Å². The van der Waals surface area contributed by atoms with Crippen molar-refractivity contribution in [1.29, 1.82) is 0 Å². The maximum atomic E-state index is 11.7. The van der Waals surface area contributed by atoms with Gasteiger partial charge in [-0.05, 0) is 38.3 Å². The Labute approximate surface area is 121 Å². The smallest absolute Gasteiger partial charge is 0.315 e. The second-order valence-electron chi connectivity index (χ2n) is 6.07. The fraction of sp³-hybridized carbons (Fsp3) is 0.923. The number of nitrogens with one attached hydrogen (secondary N) is 2. The highest BCUT2D eigenvalue weighted by Crippen LogP contribution is 2.11. The summed E-state index contributed by atoms with van der Waals surface area (Å²) in [5, 5.41) is 5.58. The maximum Gasteiger partial charge on any atom is 0.315 e. The Balaban J connectivity index is 1.62. The Morgan fingerprint density at radius 1 is 1.35 bits per heavy atom. The normalized spacial score (nSPS) is 27.4. The van der Waals surface area contributed by atoms with Gasteiger partial charge in [-0.2, -0.15) is 0 Å². The van der Waals surface area contributed by atoms with Gasteiger partial charge in [-0.3, -0.25) is 0 Å². The fourth-order valence-electron chi connectivity index (χ4n) is 2.88. The van der Waals surface area contributed by atoms with Crippen molar-refractivity contribution in [2.45, 2.75) is 32.2 Å². The second kappa shape index (κ2) is 6.76. The van der Waals surface area contributed by atoms with Crippen molar-refractivity contribution in [3.8, 4) is 0 Å². The van der Waals surface area contributed by atoms with E-state index in [4.69, 9.17) is 0 Å². The number of urea groups is 1. The Kier molecular flexibility index (Phi) is 5.26. The molecule has 2 aliphatic heterocycles. The molecule has 0 radical (unpaired) electrons. The number of hydrogen-bond donors (Lipinski definition) is 2. The molecule has 116 valence electrons. The van der Waals surface area contributed by atoms with Gasteiger partial charge in [-0.15, -0.1) is 0 Å². The first-order valence-electron chi connectivity index (χ1n) is 7.42. The van der Waals surface area contributed by atoms with Gasteiger partial charge in [-0.25, -0.2) is 13.2 Å². The van der Waals surface area contributed by atoms with Crippen molar-refractivity contribution in [2.24, 2.45) is 5.92 Å². The van der Waals surface area contributed by atoms with Gasteiger partial charge in [0.25, 0.3) is 0 Å². The summed E-state index contributed by atoms with van der Waals surface area (Å²) in [7, 11) is -2.94. The largest absolute Gasteiger partial charge is 0.338 e. The van der Waals surface area contributed by atoms with E-state index >= 15 is 0 Å². The summed E-state index contributed by atoms with van der Waals surface area (Å²) in [6.07, 6.45) is 3.08. The molecule has 0 bridgehead atoms. The number of sulfone groups is 1. The zero-order chi connectivity index (χ0) is 14.6. The van der Waals surface area contributed by atoms with Crippen LogP contribution in [0.1, 0.15) is 26.2 Å². The van der Waals surface area contributed by atoms with Gasteiger partial charge < -0.3 is 15.5 Å². The van der Waals surface area contributed by atoms with E-state index < -0.39 is 9.84 Å². The topological polar surface area (TPSA) is 78.5 Å². The third kappa shape index (κ3) is 4.94. The van der Waals surface area contributed by atoms with E-state index in [2.05, 4.69) is 22.5 Å². The Morgan fingerprint density at radius 3 is 2.65 bits per heavy atom. The molecular weight excluding hydrogens is 278 g/mol. The molecule has 2 heterocycles. The van der Waals surface area contributed by atoms with Crippen molar-refractivity contribution < 1.29 is 13.2 Å². The summed E-state index contributed by atoms with van der Waals surface area (Å²) in [4.78, 5) is 14.1. The Morgan fingerprint density at radius 2 is 2.05 bits per heavy atom. The minimum Gasteiger partial charge on any atom is -0.338 e. The van der Waals surface area contributed by atoms with E-state index in [1.165, 1.54) is 12.8 Å².